The zero-order valence-electron chi connectivity index (χ0n) is 12.1. The van der Waals surface area contributed by atoms with Crippen molar-refractivity contribution in [2.75, 3.05) is 17.4 Å². The summed E-state index contributed by atoms with van der Waals surface area (Å²) >= 11 is 0. The Hall–Kier alpha value is -1.36. The summed E-state index contributed by atoms with van der Waals surface area (Å²) in [6, 6.07) is 2.38. The van der Waals surface area contributed by atoms with Crippen molar-refractivity contribution in [1.29, 1.82) is 0 Å². The van der Waals surface area contributed by atoms with E-state index in [4.69, 9.17) is 5.84 Å². The molecule has 1 aromatic heterocycles. The lowest BCUT2D eigenvalue weighted by Gasteiger charge is -2.28. The average molecular weight is 251 g/mol. The van der Waals surface area contributed by atoms with E-state index in [-0.39, 0.29) is 5.92 Å². The topological polar surface area (TPSA) is 67.1 Å². The van der Waals surface area contributed by atoms with E-state index in [2.05, 4.69) is 55.0 Å². The fourth-order valence-corrected chi connectivity index (χ4v) is 1.99. The van der Waals surface area contributed by atoms with E-state index in [1.54, 1.807) is 0 Å². The van der Waals surface area contributed by atoms with Crippen LogP contribution in [0.1, 0.15) is 52.3 Å². The highest BCUT2D eigenvalue weighted by atomic mass is 15.3. The molecular weight excluding hydrogens is 226 g/mol. The average Bonchev–Trinajstić information content (AvgIpc) is 2.39. The molecule has 102 valence electrons. The van der Waals surface area contributed by atoms with Crippen molar-refractivity contribution >= 4 is 11.6 Å². The van der Waals surface area contributed by atoms with Gasteiger partial charge >= 0.3 is 0 Å². The summed E-state index contributed by atoms with van der Waals surface area (Å²) in [5.41, 5.74) is 2.61. The number of anilines is 2. The Morgan fingerprint density at radius 2 is 1.89 bits per heavy atom. The number of hydrazine groups is 1. The van der Waals surface area contributed by atoms with Crippen LogP contribution >= 0.6 is 0 Å². The van der Waals surface area contributed by atoms with Crippen LogP contribution in [-0.4, -0.2) is 23.1 Å². The molecule has 1 rings (SSSR count). The van der Waals surface area contributed by atoms with Gasteiger partial charge in [0.25, 0.3) is 0 Å². The molecule has 0 radical (unpaired) electrons. The van der Waals surface area contributed by atoms with Crippen molar-refractivity contribution in [3.05, 3.63) is 11.9 Å². The standard InChI is InChI=1S/C13H25N5/c1-6-10(7-2)18(5)12-8-11(17-14)15-13(16-12)9(3)4/h8-10H,6-7,14H2,1-5H3,(H,15,16,17). The van der Waals surface area contributed by atoms with Gasteiger partial charge in [0.15, 0.2) is 0 Å². The fraction of sp³-hybridized carbons (Fsp3) is 0.692. The molecule has 1 heterocycles. The second kappa shape index (κ2) is 6.54. The second-order valence-electron chi connectivity index (χ2n) is 4.85. The molecule has 0 bridgehead atoms. The van der Waals surface area contributed by atoms with Gasteiger partial charge in [0.1, 0.15) is 17.5 Å². The summed E-state index contributed by atoms with van der Waals surface area (Å²) in [5, 5.41) is 0. The van der Waals surface area contributed by atoms with Gasteiger partial charge in [-0.05, 0) is 12.8 Å². The van der Waals surface area contributed by atoms with Crippen molar-refractivity contribution in [1.82, 2.24) is 9.97 Å². The van der Waals surface area contributed by atoms with Gasteiger partial charge in [0.05, 0.1) is 0 Å². The molecule has 0 atom stereocenters. The first kappa shape index (κ1) is 14.7. The van der Waals surface area contributed by atoms with Gasteiger partial charge < -0.3 is 10.3 Å². The number of nitrogen functional groups attached to an aromatic ring is 1. The summed E-state index contributed by atoms with van der Waals surface area (Å²) in [6.07, 6.45) is 2.19. The number of rotatable bonds is 6. The van der Waals surface area contributed by atoms with Crippen LogP contribution in [-0.2, 0) is 0 Å². The molecule has 0 spiro atoms. The van der Waals surface area contributed by atoms with Crippen LogP contribution in [0.3, 0.4) is 0 Å². The van der Waals surface area contributed by atoms with Crippen LogP contribution in [0.5, 0.6) is 0 Å². The minimum atomic E-state index is 0.284. The second-order valence-corrected chi connectivity index (χ2v) is 4.85. The summed E-state index contributed by atoms with van der Waals surface area (Å²) in [6.45, 7) is 8.54. The predicted molar refractivity (Wildman–Crippen MR) is 76.7 cm³/mol. The number of nitrogens with zero attached hydrogens (tertiary/aromatic N) is 3. The number of nitrogens with one attached hydrogen (secondary N) is 1. The van der Waals surface area contributed by atoms with Crippen LogP contribution < -0.4 is 16.2 Å². The summed E-state index contributed by atoms with van der Waals surface area (Å²) in [7, 11) is 2.07. The lowest BCUT2D eigenvalue weighted by molar-refractivity contribution is 0.584. The van der Waals surface area contributed by atoms with Crippen LogP contribution in [0, 0.1) is 0 Å². The third-order valence-electron chi connectivity index (χ3n) is 3.25. The monoisotopic (exact) mass is 251 g/mol. The third-order valence-corrected chi connectivity index (χ3v) is 3.25. The van der Waals surface area contributed by atoms with Crippen LogP contribution in [0.25, 0.3) is 0 Å². The van der Waals surface area contributed by atoms with Gasteiger partial charge in [0, 0.05) is 25.1 Å². The minimum absolute atomic E-state index is 0.284. The minimum Gasteiger partial charge on any atom is -0.357 e. The highest BCUT2D eigenvalue weighted by Crippen LogP contribution is 2.21. The maximum atomic E-state index is 5.47. The van der Waals surface area contributed by atoms with Gasteiger partial charge in [-0.1, -0.05) is 27.7 Å². The van der Waals surface area contributed by atoms with E-state index in [1.165, 1.54) is 0 Å². The quantitative estimate of drug-likeness (QED) is 0.600. The van der Waals surface area contributed by atoms with Gasteiger partial charge in [-0.2, -0.15) is 0 Å². The first-order chi connectivity index (χ1) is 8.53. The van der Waals surface area contributed by atoms with Gasteiger partial charge in [0.2, 0.25) is 0 Å². The molecule has 5 nitrogen and oxygen atoms in total. The lowest BCUT2D eigenvalue weighted by atomic mass is 10.1. The molecule has 5 heteroatoms. The normalized spacial score (nSPS) is 11.1. The Bertz CT molecular complexity index is 374. The molecular formula is C13H25N5. The van der Waals surface area contributed by atoms with Crippen molar-refractivity contribution in [3.63, 3.8) is 0 Å². The maximum Gasteiger partial charge on any atom is 0.145 e. The van der Waals surface area contributed by atoms with Gasteiger partial charge in [-0.15, -0.1) is 0 Å². The molecule has 0 aliphatic heterocycles. The van der Waals surface area contributed by atoms with E-state index in [9.17, 15) is 0 Å². The van der Waals surface area contributed by atoms with Crippen LogP contribution in [0.15, 0.2) is 6.07 Å². The molecule has 0 aliphatic carbocycles. The first-order valence-electron chi connectivity index (χ1n) is 6.61. The molecule has 0 aromatic carbocycles. The number of aromatic nitrogens is 2. The third kappa shape index (κ3) is 3.32. The molecule has 0 amide bonds. The highest BCUT2D eigenvalue weighted by molar-refractivity contribution is 5.49. The maximum absolute atomic E-state index is 5.47. The molecule has 0 fully saturated rings. The highest BCUT2D eigenvalue weighted by Gasteiger charge is 2.15. The fourth-order valence-electron chi connectivity index (χ4n) is 1.99. The molecule has 1 aromatic rings. The van der Waals surface area contributed by atoms with Crippen LogP contribution in [0.4, 0.5) is 11.6 Å². The zero-order chi connectivity index (χ0) is 13.7. The predicted octanol–water partition coefficient (Wildman–Crippen LogP) is 2.51. The lowest BCUT2D eigenvalue weighted by Crippen LogP contribution is -2.31. The van der Waals surface area contributed by atoms with E-state index in [0.717, 1.165) is 24.5 Å². The van der Waals surface area contributed by atoms with Gasteiger partial charge in [-0.25, -0.2) is 15.8 Å². The summed E-state index contributed by atoms with van der Waals surface area (Å²) in [5.74, 6) is 8.17. The molecule has 0 saturated carbocycles. The Kier molecular flexibility index (Phi) is 5.34. The molecule has 0 unspecified atom stereocenters. The van der Waals surface area contributed by atoms with Crippen LogP contribution in [0.2, 0.25) is 0 Å². The van der Waals surface area contributed by atoms with Crippen molar-refractivity contribution < 1.29 is 0 Å². The van der Waals surface area contributed by atoms with E-state index >= 15 is 0 Å². The number of hydrogen-bond donors (Lipinski definition) is 2. The molecule has 18 heavy (non-hydrogen) atoms. The van der Waals surface area contributed by atoms with Gasteiger partial charge in [-0.3, -0.25) is 0 Å². The van der Waals surface area contributed by atoms with Crippen molar-refractivity contribution in [2.45, 2.75) is 52.5 Å². The Labute approximate surface area is 110 Å². The number of nitrogens with two attached hydrogens (primary N) is 1. The Morgan fingerprint density at radius 1 is 1.28 bits per heavy atom. The summed E-state index contributed by atoms with van der Waals surface area (Å²) in [4.78, 5) is 11.2. The first-order valence-corrected chi connectivity index (χ1v) is 6.61. The molecule has 0 saturated heterocycles. The molecule has 3 N–H and O–H groups in total. The largest absolute Gasteiger partial charge is 0.357 e. The zero-order valence-corrected chi connectivity index (χ0v) is 12.1. The van der Waals surface area contributed by atoms with E-state index in [0.29, 0.717) is 11.9 Å². The molecule has 0 aliphatic rings. The smallest absolute Gasteiger partial charge is 0.145 e. The van der Waals surface area contributed by atoms with E-state index < -0.39 is 0 Å². The van der Waals surface area contributed by atoms with Crippen molar-refractivity contribution in [3.8, 4) is 0 Å². The summed E-state index contributed by atoms with van der Waals surface area (Å²) < 4.78 is 0. The SMILES string of the molecule is CCC(CC)N(C)c1cc(NN)nc(C(C)C)n1. The van der Waals surface area contributed by atoms with Crippen molar-refractivity contribution in [2.24, 2.45) is 5.84 Å². The Balaban J connectivity index is 3.10. The Morgan fingerprint density at radius 3 is 2.33 bits per heavy atom. The van der Waals surface area contributed by atoms with E-state index in [1.807, 2.05) is 6.07 Å². The number of hydrogen-bond acceptors (Lipinski definition) is 5.